The lowest BCUT2D eigenvalue weighted by Gasteiger charge is -2.03. The second-order valence-corrected chi connectivity index (χ2v) is 6.01. The maximum atomic E-state index is 4.34. The monoisotopic (exact) mass is 297 g/mol. The number of hydrogen-bond acceptors (Lipinski definition) is 6. The number of aryl methyl sites for hydroxylation is 2. The van der Waals surface area contributed by atoms with E-state index in [1.165, 1.54) is 16.8 Å². The highest BCUT2D eigenvalue weighted by molar-refractivity contribution is 7.18. The van der Waals surface area contributed by atoms with E-state index in [2.05, 4.69) is 39.0 Å². The molecule has 21 heavy (non-hydrogen) atoms. The average molecular weight is 297 g/mol. The molecule has 0 saturated carbocycles. The Bertz CT molecular complexity index is 794. The summed E-state index contributed by atoms with van der Waals surface area (Å²) in [4.78, 5) is 15.0. The Morgan fingerprint density at radius 2 is 2.00 bits per heavy atom. The average Bonchev–Trinajstić information content (AvgIpc) is 2.81. The summed E-state index contributed by atoms with van der Waals surface area (Å²) in [5, 5.41) is 9.66. The van der Waals surface area contributed by atoms with Gasteiger partial charge in [0, 0.05) is 11.1 Å². The topological polar surface area (TPSA) is 63.4 Å². The predicted molar refractivity (Wildman–Crippen MR) is 84.1 cm³/mol. The molecule has 0 aromatic carbocycles. The van der Waals surface area contributed by atoms with Gasteiger partial charge in [0.2, 0.25) is 0 Å². The van der Waals surface area contributed by atoms with Crippen LogP contribution in [0, 0.1) is 13.8 Å². The molecule has 0 saturated heterocycles. The summed E-state index contributed by atoms with van der Waals surface area (Å²) in [6, 6.07) is 5.68. The molecule has 0 aliphatic heterocycles. The van der Waals surface area contributed by atoms with Gasteiger partial charge in [-0.1, -0.05) is 6.07 Å². The first-order valence-corrected chi connectivity index (χ1v) is 7.51. The number of nitrogens with zero attached hydrogens (tertiary/aromatic N) is 5. The molecule has 1 unspecified atom stereocenters. The predicted octanol–water partition coefficient (Wildman–Crippen LogP) is 4.55. The second kappa shape index (κ2) is 5.65. The minimum absolute atomic E-state index is 0.101. The molecule has 3 aromatic heterocycles. The zero-order valence-corrected chi connectivity index (χ0v) is 12.9. The first-order chi connectivity index (χ1) is 10.2. The molecule has 0 fully saturated rings. The van der Waals surface area contributed by atoms with Crippen LogP contribution >= 0.6 is 11.3 Å². The Labute approximate surface area is 126 Å². The molecule has 5 nitrogen and oxygen atoms in total. The summed E-state index contributed by atoms with van der Waals surface area (Å²) in [6.07, 6.45) is 3.30. The summed E-state index contributed by atoms with van der Waals surface area (Å²) >= 11 is 1.66. The van der Waals surface area contributed by atoms with E-state index in [4.69, 9.17) is 0 Å². The summed E-state index contributed by atoms with van der Waals surface area (Å²) in [5.74, 6) is 0.629. The van der Waals surface area contributed by atoms with Crippen LogP contribution in [0.15, 0.2) is 41.0 Å². The normalized spacial score (nSPS) is 13.1. The third kappa shape index (κ3) is 2.67. The molecule has 0 radical (unpaired) electrons. The number of aromatic nitrogens is 3. The standard InChI is InChI=1S/C15H15N5S/c1-9-11(3)21-15-13(9)14(17-8-18-15)20-19-10(2)12-6-4-5-7-16-12/h4-8,10H,1-3H3. The Kier molecular flexibility index (Phi) is 3.70. The van der Waals surface area contributed by atoms with Crippen LogP contribution in [0.25, 0.3) is 10.2 Å². The number of hydrogen-bond donors (Lipinski definition) is 0. The molecule has 0 N–H and O–H groups in total. The summed E-state index contributed by atoms with van der Waals surface area (Å²) < 4.78 is 0. The number of fused-ring (bicyclic) bond motifs is 1. The highest BCUT2D eigenvalue weighted by Crippen LogP contribution is 2.34. The van der Waals surface area contributed by atoms with Gasteiger partial charge in [0.15, 0.2) is 5.82 Å². The third-order valence-corrected chi connectivity index (χ3v) is 4.50. The van der Waals surface area contributed by atoms with Crippen LogP contribution < -0.4 is 0 Å². The lowest BCUT2D eigenvalue weighted by Crippen LogP contribution is -1.91. The van der Waals surface area contributed by atoms with Crippen molar-refractivity contribution in [1.29, 1.82) is 0 Å². The summed E-state index contributed by atoms with van der Waals surface area (Å²) in [7, 11) is 0. The Balaban J connectivity index is 1.97. The zero-order valence-electron chi connectivity index (χ0n) is 12.1. The van der Waals surface area contributed by atoms with Crippen LogP contribution in [0.3, 0.4) is 0 Å². The van der Waals surface area contributed by atoms with E-state index in [0.717, 1.165) is 15.9 Å². The summed E-state index contributed by atoms with van der Waals surface area (Å²) in [6.45, 7) is 6.12. The minimum Gasteiger partial charge on any atom is -0.259 e. The van der Waals surface area contributed by atoms with Crippen molar-refractivity contribution in [2.45, 2.75) is 26.8 Å². The van der Waals surface area contributed by atoms with Gasteiger partial charge in [-0.3, -0.25) is 4.98 Å². The van der Waals surface area contributed by atoms with Crippen LogP contribution in [0.1, 0.15) is 29.1 Å². The molecular formula is C15H15N5S. The van der Waals surface area contributed by atoms with Crippen LogP contribution in [-0.4, -0.2) is 15.0 Å². The highest BCUT2D eigenvalue weighted by Gasteiger charge is 2.12. The first-order valence-electron chi connectivity index (χ1n) is 6.69. The van der Waals surface area contributed by atoms with Gasteiger partial charge < -0.3 is 0 Å². The van der Waals surface area contributed by atoms with Gasteiger partial charge in [-0.05, 0) is 38.5 Å². The number of pyridine rings is 1. The van der Waals surface area contributed by atoms with Crippen molar-refractivity contribution in [3.63, 3.8) is 0 Å². The molecule has 6 heteroatoms. The van der Waals surface area contributed by atoms with Crippen molar-refractivity contribution >= 4 is 27.4 Å². The summed E-state index contributed by atoms with van der Waals surface area (Å²) in [5.41, 5.74) is 2.07. The van der Waals surface area contributed by atoms with Crippen LogP contribution in [0.5, 0.6) is 0 Å². The molecule has 3 aromatic rings. The van der Waals surface area contributed by atoms with Gasteiger partial charge in [0.05, 0.1) is 11.1 Å². The molecule has 3 heterocycles. The van der Waals surface area contributed by atoms with Crippen molar-refractivity contribution < 1.29 is 0 Å². The lowest BCUT2D eigenvalue weighted by atomic mass is 10.2. The van der Waals surface area contributed by atoms with E-state index < -0.39 is 0 Å². The van der Waals surface area contributed by atoms with E-state index in [1.54, 1.807) is 17.5 Å². The maximum Gasteiger partial charge on any atom is 0.186 e. The third-order valence-electron chi connectivity index (χ3n) is 3.39. The molecule has 106 valence electrons. The van der Waals surface area contributed by atoms with E-state index in [-0.39, 0.29) is 6.04 Å². The van der Waals surface area contributed by atoms with Crippen LogP contribution in [-0.2, 0) is 0 Å². The van der Waals surface area contributed by atoms with Crippen molar-refractivity contribution in [2.24, 2.45) is 10.2 Å². The van der Waals surface area contributed by atoms with Gasteiger partial charge >= 0.3 is 0 Å². The number of rotatable bonds is 3. The smallest absolute Gasteiger partial charge is 0.186 e. The molecule has 0 amide bonds. The SMILES string of the molecule is Cc1sc2ncnc(N=NC(C)c3ccccn3)c2c1C. The van der Waals surface area contributed by atoms with Crippen LogP contribution in [0.2, 0.25) is 0 Å². The second-order valence-electron chi connectivity index (χ2n) is 4.81. The fraction of sp³-hybridized carbons (Fsp3) is 0.267. The van der Waals surface area contributed by atoms with Gasteiger partial charge in [-0.15, -0.1) is 16.5 Å². The molecule has 0 bridgehead atoms. The van der Waals surface area contributed by atoms with Crippen molar-refractivity contribution in [2.75, 3.05) is 0 Å². The Morgan fingerprint density at radius 1 is 1.14 bits per heavy atom. The van der Waals surface area contributed by atoms with E-state index in [1.807, 2.05) is 25.1 Å². The van der Waals surface area contributed by atoms with Crippen molar-refractivity contribution in [1.82, 2.24) is 15.0 Å². The molecule has 3 rings (SSSR count). The molecule has 0 aliphatic carbocycles. The van der Waals surface area contributed by atoms with Crippen LogP contribution in [0.4, 0.5) is 5.82 Å². The van der Waals surface area contributed by atoms with Gasteiger partial charge in [-0.2, -0.15) is 5.11 Å². The molecular weight excluding hydrogens is 282 g/mol. The Hall–Kier alpha value is -2.21. The van der Waals surface area contributed by atoms with E-state index >= 15 is 0 Å². The minimum atomic E-state index is -0.101. The molecule has 1 atom stereocenters. The van der Waals surface area contributed by atoms with Crippen molar-refractivity contribution in [3.8, 4) is 0 Å². The quantitative estimate of drug-likeness (QED) is 0.666. The Morgan fingerprint density at radius 3 is 2.76 bits per heavy atom. The fourth-order valence-electron chi connectivity index (χ4n) is 2.06. The lowest BCUT2D eigenvalue weighted by molar-refractivity contribution is 0.733. The van der Waals surface area contributed by atoms with Gasteiger partial charge in [0.1, 0.15) is 17.2 Å². The zero-order chi connectivity index (χ0) is 14.8. The largest absolute Gasteiger partial charge is 0.259 e. The number of azo groups is 1. The van der Waals surface area contributed by atoms with E-state index in [0.29, 0.717) is 5.82 Å². The molecule has 0 spiro atoms. The van der Waals surface area contributed by atoms with Crippen molar-refractivity contribution in [3.05, 3.63) is 46.9 Å². The maximum absolute atomic E-state index is 4.34. The number of thiophene rings is 1. The first kappa shape index (κ1) is 13.8. The highest BCUT2D eigenvalue weighted by atomic mass is 32.1. The van der Waals surface area contributed by atoms with Gasteiger partial charge in [-0.25, -0.2) is 9.97 Å². The molecule has 0 aliphatic rings. The van der Waals surface area contributed by atoms with E-state index in [9.17, 15) is 0 Å². The fourth-order valence-corrected chi connectivity index (χ4v) is 3.05. The van der Waals surface area contributed by atoms with Gasteiger partial charge in [0.25, 0.3) is 0 Å².